The lowest BCUT2D eigenvalue weighted by Crippen LogP contribution is -2.54. The first-order valence-corrected chi connectivity index (χ1v) is 7.85. The third-order valence-electron chi connectivity index (χ3n) is 3.72. The van der Waals surface area contributed by atoms with Gasteiger partial charge in [0.1, 0.15) is 0 Å². The molecule has 2 atom stereocenters. The van der Waals surface area contributed by atoms with Crippen LogP contribution in [0.1, 0.15) is 47.0 Å². The lowest BCUT2D eigenvalue weighted by Gasteiger charge is -2.38. The van der Waals surface area contributed by atoms with E-state index in [-0.39, 0.29) is 29.3 Å². The number of nitrogens with zero attached hydrogens (tertiary/aromatic N) is 1. The molecule has 5 nitrogen and oxygen atoms in total. The summed E-state index contributed by atoms with van der Waals surface area (Å²) >= 11 is 0. The lowest BCUT2D eigenvalue weighted by molar-refractivity contribution is -0.149. The summed E-state index contributed by atoms with van der Waals surface area (Å²) in [6, 6.07) is 0.155. The van der Waals surface area contributed by atoms with Crippen LogP contribution in [0.2, 0.25) is 0 Å². The Bertz CT molecular complexity index is 363. The van der Waals surface area contributed by atoms with Crippen LogP contribution >= 0.6 is 0 Å². The van der Waals surface area contributed by atoms with Gasteiger partial charge in [0.05, 0.1) is 13.0 Å². The van der Waals surface area contributed by atoms with Crippen molar-refractivity contribution >= 4 is 11.9 Å². The van der Waals surface area contributed by atoms with Gasteiger partial charge in [0, 0.05) is 32.1 Å². The summed E-state index contributed by atoms with van der Waals surface area (Å²) < 4.78 is 4.87. The number of hydrogen-bond acceptors (Lipinski definition) is 4. The number of carbonyl (C=O) groups excluding carboxylic acids is 2. The van der Waals surface area contributed by atoms with Gasteiger partial charge in [-0.15, -0.1) is 0 Å². The quantitative estimate of drug-likeness (QED) is 0.787. The van der Waals surface area contributed by atoms with Crippen molar-refractivity contribution in [3.63, 3.8) is 0 Å². The summed E-state index contributed by atoms with van der Waals surface area (Å²) in [6.45, 7) is 10.5. The molecule has 21 heavy (non-hydrogen) atoms. The molecule has 0 bridgehead atoms. The fraction of sp³-hybridized carbons (Fsp3) is 0.875. The molecule has 0 saturated carbocycles. The van der Waals surface area contributed by atoms with Gasteiger partial charge >= 0.3 is 5.97 Å². The first-order valence-electron chi connectivity index (χ1n) is 7.85. The first-order chi connectivity index (χ1) is 9.76. The normalized spacial score (nSPS) is 23.0. The summed E-state index contributed by atoms with van der Waals surface area (Å²) in [5, 5.41) is 3.50. The molecule has 1 rings (SSSR count). The topological polar surface area (TPSA) is 58.6 Å². The van der Waals surface area contributed by atoms with Crippen molar-refractivity contribution in [2.75, 3.05) is 26.7 Å². The van der Waals surface area contributed by atoms with Gasteiger partial charge in [-0.2, -0.15) is 0 Å². The summed E-state index contributed by atoms with van der Waals surface area (Å²) in [5.41, 5.74) is 0.177. The molecule has 1 N–H and O–H groups in total. The molecule has 0 aromatic rings. The van der Waals surface area contributed by atoms with Gasteiger partial charge in [0.25, 0.3) is 0 Å². The van der Waals surface area contributed by atoms with E-state index in [4.69, 9.17) is 4.74 Å². The minimum absolute atomic E-state index is 0.133. The Morgan fingerprint density at radius 3 is 2.48 bits per heavy atom. The van der Waals surface area contributed by atoms with Gasteiger partial charge < -0.3 is 15.0 Å². The third kappa shape index (κ3) is 6.04. The minimum Gasteiger partial charge on any atom is -0.469 e. The van der Waals surface area contributed by atoms with Crippen molar-refractivity contribution in [2.24, 2.45) is 11.3 Å². The van der Waals surface area contributed by atoms with Crippen LogP contribution in [-0.2, 0) is 14.3 Å². The predicted octanol–water partition coefficient (Wildman–Crippen LogP) is 1.81. The highest BCUT2D eigenvalue weighted by Gasteiger charge is 2.34. The van der Waals surface area contributed by atoms with Gasteiger partial charge in [0.2, 0.25) is 5.91 Å². The molecule has 2 unspecified atom stereocenters. The number of ether oxygens (including phenoxy) is 1. The zero-order valence-corrected chi connectivity index (χ0v) is 14.1. The van der Waals surface area contributed by atoms with Gasteiger partial charge in [-0.05, 0) is 18.3 Å². The monoisotopic (exact) mass is 298 g/mol. The van der Waals surface area contributed by atoms with Crippen molar-refractivity contribution in [1.29, 1.82) is 0 Å². The maximum Gasteiger partial charge on any atom is 0.310 e. The number of likely N-dealkylation sites (tertiary alicyclic amines) is 1. The van der Waals surface area contributed by atoms with Crippen LogP contribution in [0.4, 0.5) is 0 Å². The van der Waals surface area contributed by atoms with Gasteiger partial charge in [-0.3, -0.25) is 9.59 Å². The fourth-order valence-electron chi connectivity index (χ4n) is 2.61. The zero-order valence-electron chi connectivity index (χ0n) is 14.1. The molecule has 0 radical (unpaired) electrons. The van der Waals surface area contributed by atoms with E-state index in [2.05, 4.69) is 26.1 Å². The number of amides is 1. The van der Waals surface area contributed by atoms with E-state index in [1.807, 2.05) is 11.8 Å². The number of piperidine rings is 1. The van der Waals surface area contributed by atoms with E-state index in [0.29, 0.717) is 19.5 Å². The number of rotatable bonds is 5. The summed E-state index contributed by atoms with van der Waals surface area (Å²) in [7, 11) is 1.41. The Hall–Kier alpha value is -1.10. The molecule has 0 aromatic carbocycles. The summed E-state index contributed by atoms with van der Waals surface area (Å²) in [5.74, 6) is -0.303. The van der Waals surface area contributed by atoms with Crippen molar-refractivity contribution in [3.05, 3.63) is 0 Å². The van der Waals surface area contributed by atoms with Crippen LogP contribution < -0.4 is 5.32 Å². The van der Waals surface area contributed by atoms with E-state index >= 15 is 0 Å². The van der Waals surface area contributed by atoms with E-state index in [9.17, 15) is 9.59 Å². The maximum atomic E-state index is 12.1. The number of esters is 1. The Morgan fingerprint density at radius 2 is 1.95 bits per heavy atom. The van der Waals surface area contributed by atoms with E-state index in [0.717, 1.165) is 19.4 Å². The third-order valence-corrected chi connectivity index (χ3v) is 3.72. The molecule has 1 saturated heterocycles. The van der Waals surface area contributed by atoms with E-state index < -0.39 is 0 Å². The van der Waals surface area contributed by atoms with Crippen LogP contribution in [0, 0.1) is 11.3 Å². The number of hydrogen-bond donors (Lipinski definition) is 1. The molecule has 1 aliphatic heterocycles. The smallest absolute Gasteiger partial charge is 0.310 e. The van der Waals surface area contributed by atoms with Gasteiger partial charge in [-0.25, -0.2) is 0 Å². The standard InChI is InChI=1S/C16H30N2O3/c1-6-7-14(19)18-9-12(15(20)21-5)8-13(10-18)17-11-16(2,3)4/h12-13,17H,6-11H2,1-5H3. The Balaban J connectivity index is 2.70. The van der Waals surface area contributed by atoms with Crippen molar-refractivity contribution in [1.82, 2.24) is 10.2 Å². The Labute approximate surface area is 128 Å². The first kappa shape index (κ1) is 18.0. The largest absolute Gasteiger partial charge is 0.469 e. The Kier molecular flexibility index (Phi) is 6.65. The molecule has 1 amide bonds. The molecule has 0 spiro atoms. The van der Waals surface area contributed by atoms with Crippen molar-refractivity contribution in [2.45, 2.75) is 53.0 Å². The highest BCUT2D eigenvalue weighted by Crippen LogP contribution is 2.21. The van der Waals surface area contributed by atoms with Crippen molar-refractivity contribution < 1.29 is 14.3 Å². The second-order valence-corrected chi connectivity index (χ2v) is 7.14. The maximum absolute atomic E-state index is 12.1. The molecule has 5 heteroatoms. The zero-order chi connectivity index (χ0) is 16.0. The highest BCUT2D eigenvalue weighted by molar-refractivity contribution is 5.78. The molecule has 0 aliphatic carbocycles. The average molecular weight is 298 g/mol. The molecule has 122 valence electrons. The number of carbonyl (C=O) groups is 2. The molecule has 1 fully saturated rings. The fourth-order valence-corrected chi connectivity index (χ4v) is 2.61. The predicted molar refractivity (Wildman–Crippen MR) is 82.9 cm³/mol. The highest BCUT2D eigenvalue weighted by atomic mass is 16.5. The molecule has 1 aliphatic rings. The van der Waals surface area contributed by atoms with Crippen molar-refractivity contribution in [3.8, 4) is 0 Å². The van der Waals surface area contributed by atoms with Gasteiger partial charge in [0.15, 0.2) is 0 Å². The molecular weight excluding hydrogens is 268 g/mol. The molecular formula is C16H30N2O3. The summed E-state index contributed by atoms with van der Waals surface area (Å²) in [4.78, 5) is 25.8. The number of nitrogens with one attached hydrogen (secondary N) is 1. The second-order valence-electron chi connectivity index (χ2n) is 7.14. The van der Waals surface area contributed by atoms with Crippen LogP contribution in [0.5, 0.6) is 0 Å². The average Bonchev–Trinajstić information content (AvgIpc) is 2.43. The number of methoxy groups -OCH3 is 1. The van der Waals surface area contributed by atoms with Gasteiger partial charge in [-0.1, -0.05) is 27.7 Å². The van der Waals surface area contributed by atoms with E-state index in [1.165, 1.54) is 7.11 Å². The van der Waals surface area contributed by atoms with Crippen LogP contribution in [0.25, 0.3) is 0 Å². The van der Waals surface area contributed by atoms with Crippen LogP contribution in [0.3, 0.4) is 0 Å². The summed E-state index contributed by atoms with van der Waals surface area (Å²) in [6.07, 6.45) is 2.11. The Morgan fingerprint density at radius 1 is 1.29 bits per heavy atom. The minimum atomic E-state index is -0.220. The molecule has 1 heterocycles. The lowest BCUT2D eigenvalue weighted by atomic mass is 9.91. The second kappa shape index (κ2) is 7.78. The molecule has 0 aromatic heterocycles. The van der Waals surface area contributed by atoms with Crippen LogP contribution in [0.15, 0.2) is 0 Å². The van der Waals surface area contributed by atoms with Crippen LogP contribution in [-0.4, -0.2) is 49.6 Å². The SMILES string of the molecule is CCCC(=O)N1CC(NCC(C)(C)C)CC(C(=O)OC)C1. The van der Waals surface area contributed by atoms with E-state index in [1.54, 1.807) is 0 Å².